The van der Waals surface area contributed by atoms with Gasteiger partial charge in [0, 0.05) is 36.0 Å². The van der Waals surface area contributed by atoms with Gasteiger partial charge in [-0.3, -0.25) is 9.59 Å². The number of anilines is 1. The topological polar surface area (TPSA) is 106 Å². The number of aromatic nitrogens is 2. The van der Waals surface area contributed by atoms with Crippen molar-refractivity contribution in [3.8, 4) is 11.8 Å². The zero-order chi connectivity index (χ0) is 17.8. The summed E-state index contributed by atoms with van der Waals surface area (Å²) < 4.78 is 5.66. The molecule has 1 aliphatic heterocycles. The lowest BCUT2D eigenvalue weighted by molar-refractivity contribution is -0.121. The maximum absolute atomic E-state index is 12.2. The molecular formula is C17H17N5O3. The van der Waals surface area contributed by atoms with Crippen molar-refractivity contribution in [1.29, 1.82) is 0 Å². The quantitative estimate of drug-likeness (QED) is 0.887. The smallest absolute Gasteiger partial charge is 0.322 e. The number of hydrogen-bond acceptors (Lipinski definition) is 6. The van der Waals surface area contributed by atoms with Crippen LogP contribution in [0.25, 0.3) is 0 Å². The molecule has 0 fully saturated rings. The molecule has 25 heavy (non-hydrogen) atoms. The van der Waals surface area contributed by atoms with E-state index < -0.39 is 0 Å². The summed E-state index contributed by atoms with van der Waals surface area (Å²) >= 11 is 0. The van der Waals surface area contributed by atoms with Gasteiger partial charge in [-0.15, -0.1) is 0 Å². The Bertz CT molecular complexity index is 843. The Morgan fingerprint density at radius 2 is 1.92 bits per heavy atom. The van der Waals surface area contributed by atoms with Crippen molar-refractivity contribution in [3.05, 3.63) is 41.7 Å². The average Bonchev–Trinajstić information content (AvgIpc) is 2.54. The number of amides is 2. The fraction of sp³-hybridized carbons (Fsp3) is 0.235. The van der Waals surface area contributed by atoms with Crippen LogP contribution >= 0.6 is 0 Å². The number of nitrogens with zero attached hydrogens (tertiary/aromatic N) is 3. The molecule has 128 valence electrons. The Morgan fingerprint density at radius 3 is 2.60 bits per heavy atom. The molecule has 1 aromatic heterocycles. The second-order valence-corrected chi connectivity index (χ2v) is 5.61. The summed E-state index contributed by atoms with van der Waals surface area (Å²) in [7, 11) is 0. The van der Waals surface area contributed by atoms with E-state index in [4.69, 9.17) is 4.74 Å². The van der Waals surface area contributed by atoms with Crippen LogP contribution in [0.15, 0.2) is 35.4 Å². The molecule has 2 heterocycles. The van der Waals surface area contributed by atoms with E-state index in [0.29, 0.717) is 17.9 Å². The molecule has 0 spiro atoms. The second kappa shape index (κ2) is 7.08. The summed E-state index contributed by atoms with van der Waals surface area (Å²) in [5, 5.41) is 6.50. The second-order valence-electron chi connectivity index (χ2n) is 5.61. The SMILES string of the molecule is Cc1cc(C)nc(Oc2cccc(NC(=O)C3=NNC(=O)CC3)c2)n1. The molecule has 2 aromatic rings. The lowest BCUT2D eigenvalue weighted by Gasteiger charge is -2.12. The van der Waals surface area contributed by atoms with Crippen LogP contribution in [0.4, 0.5) is 5.69 Å². The van der Waals surface area contributed by atoms with Gasteiger partial charge in [0.25, 0.3) is 5.91 Å². The number of hydrogen-bond donors (Lipinski definition) is 2. The maximum Gasteiger partial charge on any atom is 0.322 e. The molecule has 2 N–H and O–H groups in total. The van der Waals surface area contributed by atoms with Gasteiger partial charge in [-0.05, 0) is 32.0 Å². The van der Waals surface area contributed by atoms with Gasteiger partial charge >= 0.3 is 6.01 Å². The number of aryl methyl sites for hydroxylation is 2. The fourth-order valence-electron chi connectivity index (χ4n) is 2.32. The first-order chi connectivity index (χ1) is 12.0. The van der Waals surface area contributed by atoms with Crippen LogP contribution in [0, 0.1) is 13.8 Å². The molecule has 0 aliphatic carbocycles. The molecule has 0 bridgehead atoms. The largest absolute Gasteiger partial charge is 0.424 e. The molecule has 0 atom stereocenters. The Morgan fingerprint density at radius 1 is 1.16 bits per heavy atom. The predicted molar refractivity (Wildman–Crippen MR) is 91.5 cm³/mol. The zero-order valence-electron chi connectivity index (χ0n) is 13.9. The van der Waals surface area contributed by atoms with E-state index in [1.165, 1.54) is 0 Å². The van der Waals surface area contributed by atoms with Gasteiger partial charge in [-0.2, -0.15) is 5.10 Å². The van der Waals surface area contributed by atoms with Gasteiger partial charge < -0.3 is 10.1 Å². The highest BCUT2D eigenvalue weighted by Gasteiger charge is 2.18. The Hall–Kier alpha value is -3.29. The molecule has 0 saturated heterocycles. The monoisotopic (exact) mass is 339 g/mol. The van der Waals surface area contributed by atoms with E-state index in [1.54, 1.807) is 24.3 Å². The third kappa shape index (κ3) is 4.37. The average molecular weight is 339 g/mol. The molecule has 3 rings (SSSR count). The van der Waals surface area contributed by atoms with Crippen molar-refractivity contribution in [2.45, 2.75) is 26.7 Å². The summed E-state index contributed by atoms with van der Waals surface area (Å²) in [6.45, 7) is 3.73. The number of carbonyl (C=O) groups is 2. The van der Waals surface area contributed by atoms with E-state index in [0.717, 1.165) is 11.4 Å². The first-order valence-corrected chi connectivity index (χ1v) is 7.76. The predicted octanol–water partition coefficient (Wildman–Crippen LogP) is 2.09. The summed E-state index contributed by atoms with van der Waals surface area (Å²) in [4.78, 5) is 31.7. The van der Waals surface area contributed by atoms with Gasteiger partial charge in [0.05, 0.1) is 0 Å². The van der Waals surface area contributed by atoms with Crippen LogP contribution in [0.2, 0.25) is 0 Å². The van der Waals surface area contributed by atoms with E-state index >= 15 is 0 Å². The number of carbonyl (C=O) groups excluding carboxylic acids is 2. The molecular weight excluding hydrogens is 322 g/mol. The first kappa shape index (κ1) is 16.6. The van der Waals surface area contributed by atoms with Gasteiger partial charge in [0.1, 0.15) is 11.5 Å². The van der Waals surface area contributed by atoms with Crippen LogP contribution in [0.5, 0.6) is 11.8 Å². The number of nitrogens with one attached hydrogen (secondary N) is 2. The fourth-order valence-corrected chi connectivity index (χ4v) is 2.32. The molecule has 0 saturated carbocycles. The maximum atomic E-state index is 12.2. The highest BCUT2D eigenvalue weighted by Crippen LogP contribution is 2.22. The van der Waals surface area contributed by atoms with E-state index in [-0.39, 0.29) is 30.0 Å². The highest BCUT2D eigenvalue weighted by molar-refractivity contribution is 6.43. The Labute approximate surface area is 144 Å². The van der Waals surface area contributed by atoms with Crippen molar-refractivity contribution in [3.63, 3.8) is 0 Å². The lowest BCUT2D eigenvalue weighted by atomic mass is 10.1. The van der Waals surface area contributed by atoms with Crippen molar-refractivity contribution < 1.29 is 14.3 Å². The van der Waals surface area contributed by atoms with Crippen LogP contribution < -0.4 is 15.5 Å². The zero-order valence-corrected chi connectivity index (χ0v) is 13.9. The van der Waals surface area contributed by atoms with Gasteiger partial charge in [0.15, 0.2) is 0 Å². The van der Waals surface area contributed by atoms with E-state index in [9.17, 15) is 9.59 Å². The third-order valence-electron chi connectivity index (χ3n) is 3.43. The molecule has 8 heteroatoms. The molecule has 0 radical (unpaired) electrons. The molecule has 0 unspecified atom stereocenters. The number of rotatable bonds is 4. The number of ether oxygens (including phenoxy) is 1. The van der Waals surface area contributed by atoms with Crippen molar-refractivity contribution in [2.24, 2.45) is 5.10 Å². The highest BCUT2D eigenvalue weighted by atomic mass is 16.5. The van der Waals surface area contributed by atoms with E-state index in [2.05, 4.69) is 25.8 Å². The minimum Gasteiger partial charge on any atom is -0.424 e. The van der Waals surface area contributed by atoms with Gasteiger partial charge in [-0.1, -0.05) is 6.07 Å². The van der Waals surface area contributed by atoms with Crippen LogP contribution in [-0.4, -0.2) is 27.5 Å². The Balaban J connectivity index is 1.71. The summed E-state index contributed by atoms with van der Waals surface area (Å²) in [5.74, 6) is -0.0538. The summed E-state index contributed by atoms with van der Waals surface area (Å²) in [6, 6.07) is 9.00. The van der Waals surface area contributed by atoms with Crippen LogP contribution in [0.3, 0.4) is 0 Å². The lowest BCUT2D eigenvalue weighted by Crippen LogP contribution is -2.32. The van der Waals surface area contributed by atoms with Gasteiger partial charge in [0.2, 0.25) is 5.91 Å². The summed E-state index contributed by atoms with van der Waals surface area (Å²) in [6.07, 6.45) is 0.559. The standard InChI is InChI=1S/C17H17N5O3/c1-10-8-11(2)19-17(18-10)25-13-5-3-4-12(9-13)20-16(24)14-6-7-15(23)22-21-14/h3-5,8-9H,6-7H2,1-2H3,(H,20,24)(H,22,23). The summed E-state index contributed by atoms with van der Waals surface area (Å²) in [5.41, 5.74) is 4.75. The molecule has 8 nitrogen and oxygen atoms in total. The molecule has 2 amide bonds. The minimum absolute atomic E-state index is 0.194. The van der Waals surface area contributed by atoms with Crippen LogP contribution in [0.1, 0.15) is 24.2 Å². The molecule has 1 aromatic carbocycles. The number of benzene rings is 1. The normalized spacial score (nSPS) is 13.7. The van der Waals surface area contributed by atoms with E-state index in [1.807, 2.05) is 19.9 Å². The van der Waals surface area contributed by atoms with Crippen LogP contribution in [-0.2, 0) is 9.59 Å². The number of hydrazone groups is 1. The minimum atomic E-state index is -0.361. The van der Waals surface area contributed by atoms with Gasteiger partial charge in [-0.25, -0.2) is 15.4 Å². The molecule has 1 aliphatic rings. The van der Waals surface area contributed by atoms with Crippen molar-refractivity contribution in [1.82, 2.24) is 15.4 Å². The van der Waals surface area contributed by atoms with Crippen molar-refractivity contribution >= 4 is 23.2 Å². The first-order valence-electron chi connectivity index (χ1n) is 7.76. The van der Waals surface area contributed by atoms with Crippen molar-refractivity contribution in [2.75, 3.05) is 5.32 Å². The Kier molecular flexibility index (Phi) is 4.69. The third-order valence-corrected chi connectivity index (χ3v) is 3.43.